The van der Waals surface area contributed by atoms with Crippen molar-refractivity contribution in [1.29, 1.82) is 5.26 Å². The molecule has 0 aliphatic rings. The van der Waals surface area contributed by atoms with E-state index in [1.165, 1.54) is 17.7 Å². The highest BCUT2D eigenvalue weighted by Gasteiger charge is 2.16. The van der Waals surface area contributed by atoms with Crippen molar-refractivity contribution in [3.05, 3.63) is 47.8 Å². The fourth-order valence-electron chi connectivity index (χ4n) is 1.60. The second-order valence-corrected chi connectivity index (χ2v) is 4.62. The molecule has 0 heterocycles. The number of allylic oxidation sites excluding steroid dienone is 1. The molecule has 0 radical (unpaired) electrons. The summed E-state index contributed by atoms with van der Waals surface area (Å²) in [7, 11) is 0. The first-order valence-electron chi connectivity index (χ1n) is 8.03. The zero-order valence-electron chi connectivity index (χ0n) is 15.0. The van der Waals surface area contributed by atoms with Crippen LogP contribution >= 0.6 is 0 Å². The summed E-state index contributed by atoms with van der Waals surface area (Å²) < 4.78 is 12.7. The van der Waals surface area contributed by atoms with Gasteiger partial charge in [-0.05, 0) is 44.1 Å². The number of halogens is 1. The molecular weight excluding hydrogens is 275 g/mol. The molecule has 0 aliphatic heterocycles. The first kappa shape index (κ1) is 22.6. The zero-order chi connectivity index (χ0) is 17.5. The molecule has 1 aromatic rings. The Morgan fingerprint density at radius 2 is 1.59 bits per heavy atom. The van der Waals surface area contributed by atoms with E-state index in [1.807, 2.05) is 39.5 Å². The summed E-state index contributed by atoms with van der Waals surface area (Å²) in [4.78, 5) is 2.03. The fourth-order valence-corrected chi connectivity index (χ4v) is 1.60. The molecule has 0 fully saturated rings. The molecule has 3 heteroatoms. The molecule has 124 valence electrons. The van der Waals surface area contributed by atoms with Crippen molar-refractivity contribution in [2.24, 2.45) is 0 Å². The Hall–Kier alpha value is -1.66. The van der Waals surface area contributed by atoms with Gasteiger partial charge in [0.2, 0.25) is 0 Å². The SMILES string of the molecule is C=C(C)CC.CC.CCN(CC)C(C#N)c1ccc(F)cc1. The van der Waals surface area contributed by atoms with Crippen LogP contribution in [0.4, 0.5) is 4.39 Å². The van der Waals surface area contributed by atoms with Gasteiger partial charge in [-0.25, -0.2) is 4.39 Å². The highest BCUT2D eigenvalue weighted by Crippen LogP contribution is 2.19. The Bertz CT molecular complexity index is 428. The Balaban J connectivity index is 0. The molecule has 0 amide bonds. The van der Waals surface area contributed by atoms with Crippen molar-refractivity contribution in [1.82, 2.24) is 4.90 Å². The summed E-state index contributed by atoms with van der Waals surface area (Å²) in [5.74, 6) is -0.269. The average Bonchev–Trinajstić information content (AvgIpc) is 2.56. The lowest BCUT2D eigenvalue weighted by Crippen LogP contribution is -2.27. The largest absolute Gasteiger partial charge is 0.285 e. The van der Waals surface area contributed by atoms with Gasteiger partial charge in [-0.2, -0.15) is 5.26 Å². The van der Waals surface area contributed by atoms with Gasteiger partial charge in [0.1, 0.15) is 11.9 Å². The van der Waals surface area contributed by atoms with Crippen LogP contribution in [-0.4, -0.2) is 18.0 Å². The lowest BCUT2D eigenvalue weighted by atomic mass is 10.1. The van der Waals surface area contributed by atoms with Crippen molar-refractivity contribution in [3.63, 3.8) is 0 Å². The second-order valence-electron chi connectivity index (χ2n) is 4.62. The number of benzene rings is 1. The van der Waals surface area contributed by atoms with Gasteiger partial charge in [0.15, 0.2) is 0 Å². The number of hydrogen-bond donors (Lipinski definition) is 0. The molecule has 0 saturated heterocycles. The number of nitrogens with zero attached hydrogens (tertiary/aromatic N) is 2. The third kappa shape index (κ3) is 9.31. The number of hydrogen-bond acceptors (Lipinski definition) is 2. The minimum absolute atomic E-state index is 0.269. The molecule has 1 atom stereocenters. The molecule has 1 aromatic carbocycles. The highest BCUT2D eigenvalue weighted by atomic mass is 19.1. The Labute approximate surface area is 136 Å². The lowest BCUT2D eigenvalue weighted by Gasteiger charge is -2.24. The minimum atomic E-state index is -0.277. The molecule has 0 bridgehead atoms. The van der Waals surface area contributed by atoms with E-state index in [-0.39, 0.29) is 11.9 Å². The van der Waals surface area contributed by atoms with Gasteiger partial charge in [0, 0.05) is 0 Å². The van der Waals surface area contributed by atoms with Crippen molar-refractivity contribution in [3.8, 4) is 6.07 Å². The van der Waals surface area contributed by atoms with Gasteiger partial charge in [0.25, 0.3) is 0 Å². The summed E-state index contributed by atoms with van der Waals surface area (Å²) >= 11 is 0. The van der Waals surface area contributed by atoms with Crippen LogP contribution in [-0.2, 0) is 0 Å². The zero-order valence-corrected chi connectivity index (χ0v) is 15.0. The van der Waals surface area contributed by atoms with Crippen LogP contribution in [0.2, 0.25) is 0 Å². The first-order valence-corrected chi connectivity index (χ1v) is 8.03. The smallest absolute Gasteiger partial charge is 0.123 e. The lowest BCUT2D eigenvalue weighted by molar-refractivity contribution is 0.262. The van der Waals surface area contributed by atoms with Crippen molar-refractivity contribution < 1.29 is 4.39 Å². The summed E-state index contributed by atoms with van der Waals surface area (Å²) in [6.07, 6.45) is 1.11. The monoisotopic (exact) mass is 306 g/mol. The summed E-state index contributed by atoms with van der Waals surface area (Å²) in [6, 6.07) is 8.09. The van der Waals surface area contributed by atoms with Crippen LogP contribution < -0.4 is 0 Å². The van der Waals surface area contributed by atoms with Gasteiger partial charge in [-0.3, -0.25) is 4.90 Å². The number of rotatable bonds is 5. The van der Waals surface area contributed by atoms with Crippen LogP contribution in [0.1, 0.15) is 59.6 Å². The number of nitriles is 1. The van der Waals surface area contributed by atoms with Gasteiger partial charge in [0.05, 0.1) is 6.07 Å². The molecule has 0 N–H and O–H groups in total. The topological polar surface area (TPSA) is 27.0 Å². The van der Waals surface area contributed by atoms with Gasteiger partial charge in [-0.15, -0.1) is 6.58 Å². The van der Waals surface area contributed by atoms with E-state index >= 15 is 0 Å². The normalized spacial score (nSPS) is 10.5. The Morgan fingerprint density at radius 3 is 1.86 bits per heavy atom. The van der Waals surface area contributed by atoms with Crippen molar-refractivity contribution in [2.75, 3.05) is 13.1 Å². The van der Waals surface area contributed by atoms with E-state index in [0.717, 1.165) is 25.1 Å². The van der Waals surface area contributed by atoms with Gasteiger partial charge in [-0.1, -0.05) is 52.3 Å². The molecule has 2 nitrogen and oxygen atoms in total. The van der Waals surface area contributed by atoms with E-state index < -0.39 is 0 Å². The van der Waals surface area contributed by atoms with Crippen LogP contribution in [0.3, 0.4) is 0 Å². The first-order chi connectivity index (χ1) is 10.5. The second kappa shape index (κ2) is 14.3. The third-order valence-electron chi connectivity index (χ3n) is 3.09. The summed E-state index contributed by atoms with van der Waals surface area (Å²) in [5.41, 5.74) is 2.10. The maximum atomic E-state index is 12.7. The standard InChI is InChI=1S/C12H15FN2.C5H10.C2H6/c1-3-15(4-2)12(9-14)10-5-7-11(13)8-6-10;1-4-5(2)3;1-2/h5-8,12H,3-4H2,1-2H3;2,4H2,1,3H3;1-2H3. The van der Waals surface area contributed by atoms with E-state index in [9.17, 15) is 4.39 Å². The predicted octanol–water partition coefficient (Wildman–Crippen LogP) is 5.73. The van der Waals surface area contributed by atoms with E-state index in [0.29, 0.717) is 0 Å². The van der Waals surface area contributed by atoms with Crippen molar-refractivity contribution in [2.45, 2.75) is 54.0 Å². The predicted molar refractivity (Wildman–Crippen MR) is 94.1 cm³/mol. The van der Waals surface area contributed by atoms with Gasteiger partial charge < -0.3 is 0 Å². The van der Waals surface area contributed by atoms with E-state index in [1.54, 1.807) is 12.1 Å². The maximum absolute atomic E-state index is 12.7. The van der Waals surface area contributed by atoms with Gasteiger partial charge >= 0.3 is 0 Å². The summed E-state index contributed by atoms with van der Waals surface area (Å²) in [6.45, 7) is 17.4. The molecular formula is C19H31FN2. The van der Waals surface area contributed by atoms with Crippen LogP contribution in [0, 0.1) is 17.1 Å². The maximum Gasteiger partial charge on any atom is 0.123 e. The van der Waals surface area contributed by atoms with Crippen molar-refractivity contribution >= 4 is 0 Å². The third-order valence-corrected chi connectivity index (χ3v) is 3.09. The van der Waals surface area contributed by atoms with Crippen LogP contribution in [0.15, 0.2) is 36.4 Å². The van der Waals surface area contributed by atoms with Crippen LogP contribution in [0.5, 0.6) is 0 Å². The summed E-state index contributed by atoms with van der Waals surface area (Å²) in [5, 5.41) is 9.10. The minimum Gasteiger partial charge on any atom is -0.285 e. The molecule has 0 spiro atoms. The molecule has 0 aromatic heterocycles. The van der Waals surface area contributed by atoms with Crippen LogP contribution in [0.25, 0.3) is 0 Å². The molecule has 22 heavy (non-hydrogen) atoms. The molecule has 1 unspecified atom stereocenters. The molecule has 1 rings (SSSR count). The Kier molecular flexibility index (Phi) is 14.7. The average molecular weight is 306 g/mol. The molecule has 0 aliphatic carbocycles. The highest BCUT2D eigenvalue weighted by molar-refractivity contribution is 5.24. The van der Waals surface area contributed by atoms with E-state index in [2.05, 4.69) is 19.6 Å². The quantitative estimate of drug-likeness (QED) is 0.649. The van der Waals surface area contributed by atoms with E-state index in [4.69, 9.17) is 5.26 Å². The molecule has 0 saturated carbocycles. The fraction of sp³-hybridized carbons (Fsp3) is 0.526. The Morgan fingerprint density at radius 1 is 1.18 bits per heavy atom.